The van der Waals surface area contributed by atoms with E-state index < -0.39 is 0 Å². The highest BCUT2D eigenvalue weighted by atomic mass is 16.3. The predicted molar refractivity (Wildman–Crippen MR) is 59.6 cm³/mol. The van der Waals surface area contributed by atoms with Crippen LogP contribution in [0.25, 0.3) is 0 Å². The van der Waals surface area contributed by atoms with E-state index in [1.165, 1.54) is 0 Å². The number of aliphatic hydroxyl groups is 1. The van der Waals surface area contributed by atoms with Crippen LogP contribution in [0.3, 0.4) is 0 Å². The molecule has 0 aliphatic heterocycles. The van der Waals surface area contributed by atoms with E-state index in [1.54, 1.807) is 0 Å². The van der Waals surface area contributed by atoms with Gasteiger partial charge in [0.2, 0.25) is 0 Å². The number of aromatic nitrogens is 2. The highest BCUT2D eigenvalue weighted by molar-refractivity contribution is 5.03. The Bertz CT molecular complexity index is 326. The van der Waals surface area contributed by atoms with Crippen molar-refractivity contribution in [2.45, 2.75) is 51.7 Å². The molecule has 84 valence electrons. The highest BCUT2D eigenvalue weighted by Crippen LogP contribution is 2.38. The molecule has 1 aliphatic rings. The summed E-state index contributed by atoms with van der Waals surface area (Å²) < 4.78 is 2.00. The lowest BCUT2D eigenvalue weighted by molar-refractivity contribution is 0.140. The van der Waals surface area contributed by atoms with Crippen molar-refractivity contribution in [3.05, 3.63) is 18.0 Å². The molecule has 0 radical (unpaired) electrons. The van der Waals surface area contributed by atoms with Crippen LogP contribution in [0.4, 0.5) is 0 Å². The van der Waals surface area contributed by atoms with Crippen molar-refractivity contribution in [3.63, 3.8) is 0 Å². The maximum absolute atomic E-state index is 9.71. The quantitative estimate of drug-likeness (QED) is 0.803. The van der Waals surface area contributed by atoms with E-state index in [0.29, 0.717) is 5.92 Å². The first-order valence-corrected chi connectivity index (χ1v) is 5.82. The van der Waals surface area contributed by atoms with Crippen molar-refractivity contribution in [2.24, 2.45) is 5.92 Å². The van der Waals surface area contributed by atoms with Gasteiger partial charge >= 0.3 is 0 Å². The molecule has 0 amide bonds. The molecule has 3 nitrogen and oxygen atoms in total. The molecule has 0 atom stereocenters. The summed E-state index contributed by atoms with van der Waals surface area (Å²) in [6, 6.07) is 2.06. The van der Waals surface area contributed by atoms with Gasteiger partial charge in [0.15, 0.2) is 0 Å². The van der Waals surface area contributed by atoms with E-state index in [0.717, 1.165) is 37.9 Å². The molecule has 1 saturated carbocycles. The van der Waals surface area contributed by atoms with Gasteiger partial charge in [0.1, 0.15) is 0 Å². The minimum atomic E-state index is -0.345. The number of hydrogen-bond acceptors (Lipinski definition) is 2. The monoisotopic (exact) mass is 208 g/mol. The van der Waals surface area contributed by atoms with Crippen LogP contribution in [-0.4, -0.2) is 20.5 Å². The Hall–Kier alpha value is -0.830. The molecule has 1 aromatic rings. The molecular weight excluding hydrogens is 188 g/mol. The molecule has 0 spiro atoms. The summed E-state index contributed by atoms with van der Waals surface area (Å²) in [5.41, 5.74) is 0.762. The van der Waals surface area contributed by atoms with E-state index in [9.17, 15) is 5.11 Å². The second-order valence-corrected chi connectivity index (χ2v) is 5.15. The normalized spacial score (nSPS) is 18.4. The zero-order chi connectivity index (χ0) is 10.9. The zero-order valence-corrected chi connectivity index (χ0v) is 9.61. The first-order valence-electron chi connectivity index (χ1n) is 5.82. The van der Waals surface area contributed by atoms with Gasteiger partial charge in [0.25, 0.3) is 0 Å². The van der Waals surface area contributed by atoms with Gasteiger partial charge in [-0.3, -0.25) is 4.68 Å². The molecule has 0 saturated heterocycles. The van der Waals surface area contributed by atoms with Crippen molar-refractivity contribution < 1.29 is 5.11 Å². The molecule has 1 heterocycles. The van der Waals surface area contributed by atoms with Gasteiger partial charge in [-0.2, -0.15) is 5.10 Å². The summed E-state index contributed by atoms with van der Waals surface area (Å²) in [5.74, 6) is 0.630. The van der Waals surface area contributed by atoms with Gasteiger partial charge in [-0.05, 0) is 37.7 Å². The second kappa shape index (κ2) is 3.97. The fourth-order valence-corrected chi connectivity index (χ4v) is 1.77. The van der Waals surface area contributed by atoms with E-state index in [1.807, 2.05) is 10.9 Å². The number of hydrogen-bond donors (Lipinski definition) is 1. The van der Waals surface area contributed by atoms with Gasteiger partial charge in [-0.15, -0.1) is 0 Å². The van der Waals surface area contributed by atoms with E-state index in [-0.39, 0.29) is 5.60 Å². The number of rotatable bonds is 5. The molecule has 1 N–H and O–H groups in total. The van der Waals surface area contributed by atoms with E-state index in [2.05, 4.69) is 25.0 Å². The standard InChI is InChI=1S/C12H20N2O/c1-10(2)9-14-8-4-11(13-14)3-5-12(15)6-7-12/h4,8,10,15H,3,5-7,9H2,1-2H3. The van der Waals surface area contributed by atoms with Crippen molar-refractivity contribution in [3.8, 4) is 0 Å². The maximum Gasteiger partial charge on any atom is 0.0653 e. The topological polar surface area (TPSA) is 38.0 Å². The Labute approximate surface area is 91.1 Å². The minimum absolute atomic E-state index is 0.345. The van der Waals surface area contributed by atoms with Crippen molar-refractivity contribution in [1.82, 2.24) is 9.78 Å². The number of nitrogens with zero attached hydrogens (tertiary/aromatic N) is 2. The lowest BCUT2D eigenvalue weighted by Crippen LogP contribution is -2.09. The van der Waals surface area contributed by atoms with Crippen LogP contribution in [-0.2, 0) is 13.0 Å². The molecule has 0 unspecified atom stereocenters. The Morgan fingerprint density at radius 2 is 2.27 bits per heavy atom. The fourth-order valence-electron chi connectivity index (χ4n) is 1.77. The zero-order valence-electron chi connectivity index (χ0n) is 9.61. The molecule has 1 aromatic heterocycles. The molecule has 1 fully saturated rings. The average Bonchev–Trinajstić information content (AvgIpc) is 2.73. The molecule has 0 bridgehead atoms. The van der Waals surface area contributed by atoms with Crippen molar-refractivity contribution >= 4 is 0 Å². The summed E-state index contributed by atoms with van der Waals surface area (Å²) in [6.07, 6.45) is 5.75. The van der Waals surface area contributed by atoms with Gasteiger partial charge in [0, 0.05) is 12.7 Å². The van der Waals surface area contributed by atoms with Gasteiger partial charge in [0.05, 0.1) is 11.3 Å². The predicted octanol–water partition coefficient (Wildman–Crippen LogP) is 2.00. The third-order valence-electron chi connectivity index (χ3n) is 2.92. The summed E-state index contributed by atoms with van der Waals surface area (Å²) in [5, 5.41) is 14.2. The number of aryl methyl sites for hydroxylation is 1. The van der Waals surface area contributed by atoms with Crippen LogP contribution < -0.4 is 0 Å². The van der Waals surface area contributed by atoms with Gasteiger partial charge < -0.3 is 5.11 Å². The molecule has 2 rings (SSSR count). The summed E-state index contributed by atoms with van der Waals surface area (Å²) in [6.45, 7) is 5.35. The SMILES string of the molecule is CC(C)Cn1ccc(CCC2(O)CC2)n1. The summed E-state index contributed by atoms with van der Waals surface area (Å²) in [7, 11) is 0. The van der Waals surface area contributed by atoms with Crippen LogP contribution in [0.1, 0.15) is 38.8 Å². The minimum Gasteiger partial charge on any atom is -0.390 e. The molecule has 0 aromatic carbocycles. The fraction of sp³-hybridized carbons (Fsp3) is 0.750. The summed E-state index contributed by atoms with van der Waals surface area (Å²) >= 11 is 0. The Morgan fingerprint density at radius 1 is 1.53 bits per heavy atom. The van der Waals surface area contributed by atoms with Gasteiger partial charge in [-0.25, -0.2) is 0 Å². The highest BCUT2D eigenvalue weighted by Gasteiger charge is 2.39. The third-order valence-corrected chi connectivity index (χ3v) is 2.92. The van der Waals surface area contributed by atoms with Crippen LogP contribution in [0.2, 0.25) is 0 Å². The first-order chi connectivity index (χ1) is 7.07. The molecule has 15 heavy (non-hydrogen) atoms. The first kappa shape index (κ1) is 10.7. The van der Waals surface area contributed by atoms with Crippen LogP contribution in [0, 0.1) is 5.92 Å². The Morgan fingerprint density at radius 3 is 2.87 bits per heavy atom. The van der Waals surface area contributed by atoms with Gasteiger partial charge in [-0.1, -0.05) is 13.8 Å². The Kier molecular flexibility index (Phi) is 2.83. The second-order valence-electron chi connectivity index (χ2n) is 5.15. The van der Waals surface area contributed by atoms with Crippen LogP contribution >= 0.6 is 0 Å². The smallest absolute Gasteiger partial charge is 0.0653 e. The van der Waals surface area contributed by atoms with Crippen LogP contribution in [0.15, 0.2) is 12.3 Å². The van der Waals surface area contributed by atoms with Crippen LogP contribution in [0.5, 0.6) is 0 Å². The summed E-state index contributed by atoms with van der Waals surface area (Å²) in [4.78, 5) is 0. The lowest BCUT2D eigenvalue weighted by atomic mass is 10.1. The Balaban J connectivity index is 1.84. The maximum atomic E-state index is 9.71. The molecular formula is C12H20N2O. The lowest BCUT2D eigenvalue weighted by Gasteiger charge is -2.05. The van der Waals surface area contributed by atoms with E-state index >= 15 is 0 Å². The molecule has 3 heteroatoms. The largest absolute Gasteiger partial charge is 0.390 e. The third kappa shape index (κ3) is 3.06. The van der Waals surface area contributed by atoms with E-state index in [4.69, 9.17) is 0 Å². The molecule has 1 aliphatic carbocycles. The van der Waals surface area contributed by atoms with Crippen molar-refractivity contribution in [2.75, 3.05) is 0 Å². The average molecular weight is 208 g/mol. The van der Waals surface area contributed by atoms with Crippen molar-refractivity contribution in [1.29, 1.82) is 0 Å².